The molecule has 0 radical (unpaired) electrons. The highest BCUT2D eigenvalue weighted by Crippen LogP contribution is 2.17. The third-order valence-corrected chi connectivity index (χ3v) is 4.93. The zero-order chi connectivity index (χ0) is 13.9. The first-order valence-corrected chi connectivity index (χ1v) is 8.15. The van der Waals surface area contributed by atoms with Crippen molar-refractivity contribution >= 4 is 0 Å². The fraction of sp³-hybridized carbons (Fsp3) is 1.00. The van der Waals surface area contributed by atoms with E-state index in [1.165, 1.54) is 65.2 Å². The molecule has 19 heavy (non-hydrogen) atoms. The molecule has 2 fully saturated rings. The van der Waals surface area contributed by atoms with Gasteiger partial charge in [-0.25, -0.2) is 0 Å². The largest absolute Gasteiger partial charge is 0.302 e. The van der Waals surface area contributed by atoms with Crippen molar-refractivity contribution in [3.63, 3.8) is 0 Å². The van der Waals surface area contributed by atoms with Crippen LogP contribution in [0.15, 0.2) is 0 Å². The maximum absolute atomic E-state index is 2.66. The minimum absolute atomic E-state index is 0.342. The highest BCUT2D eigenvalue weighted by atomic mass is 15.3. The first kappa shape index (κ1) is 15.3. The van der Waals surface area contributed by atoms with Gasteiger partial charge >= 0.3 is 0 Å². The molecule has 0 saturated carbocycles. The van der Waals surface area contributed by atoms with Crippen LogP contribution in [0, 0.1) is 5.92 Å². The van der Waals surface area contributed by atoms with Crippen LogP contribution in [-0.2, 0) is 0 Å². The summed E-state index contributed by atoms with van der Waals surface area (Å²) in [5, 5.41) is 0. The van der Waals surface area contributed by atoms with Gasteiger partial charge in [0, 0.05) is 44.8 Å². The molecule has 2 rings (SSSR count). The summed E-state index contributed by atoms with van der Waals surface area (Å²) >= 11 is 0. The Balaban J connectivity index is 1.63. The molecule has 0 amide bonds. The molecule has 0 unspecified atom stereocenters. The van der Waals surface area contributed by atoms with Crippen molar-refractivity contribution in [3.05, 3.63) is 0 Å². The number of likely N-dealkylation sites (tertiary alicyclic amines) is 1. The maximum Gasteiger partial charge on any atom is 0.0126 e. The van der Waals surface area contributed by atoms with Gasteiger partial charge in [-0.05, 0) is 52.6 Å². The number of rotatable bonds is 3. The van der Waals surface area contributed by atoms with E-state index in [-0.39, 0.29) is 0 Å². The quantitative estimate of drug-likeness (QED) is 0.776. The van der Waals surface area contributed by atoms with Crippen LogP contribution in [0.4, 0.5) is 0 Å². The molecule has 0 aromatic rings. The normalized spacial score (nSPS) is 25.9. The van der Waals surface area contributed by atoms with Gasteiger partial charge in [0.25, 0.3) is 0 Å². The lowest BCUT2D eigenvalue weighted by molar-refractivity contribution is 0.0552. The fourth-order valence-electron chi connectivity index (χ4n) is 3.21. The zero-order valence-electron chi connectivity index (χ0n) is 13.5. The minimum Gasteiger partial charge on any atom is -0.302 e. The average Bonchev–Trinajstić information content (AvgIpc) is 2.37. The first-order valence-electron chi connectivity index (χ1n) is 8.15. The van der Waals surface area contributed by atoms with E-state index in [2.05, 4.69) is 42.4 Å². The van der Waals surface area contributed by atoms with E-state index in [1.807, 2.05) is 0 Å². The third kappa shape index (κ3) is 4.73. The lowest BCUT2D eigenvalue weighted by atomic mass is 9.99. The van der Waals surface area contributed by atoms with E-state index in [4.69, 9.17) is 0 Å². The number of piperazine rings is 1. The van der Waals surface area contributed by atoms with Crippen molar-refractivity contribution in [2.45, 2.75) is 46.1 Å². The lowest BCUT2D eigenvalue weighted by Crippen LogP contribution is -2.54. The standard InChI is InChI=1S/C16H33N3/c1-15-5-7-17(8-6-15)9-10-18-11-13-19(14-12-18)16(2,3)4/h15H,5-14H2,1-4H3. The maximum atomic E-state index is 2.66. The highest BCUT2D eigenvalue weighted by Gasteiger charge is 2.26. The topological polar surface area (TPSA) is 9.72 Å². The molecule has 0 bridgehead atoms. The van der Waals surface area contributed by atoms with Gasteiger partial charge in [-0.3, -0.25) is 9.80 Å². The van der Waals surface area contributed by atoms with Gasteiger partial charge < -0.3 is 4.90 Å². The molecule has 2 aliphatic rings. The summed E-state index contributed by atoms with van der Waals surface area (Å²) in [6.45, 7) is 19.6. The van der Waals surface area contributed by atoms with E-state index in [9.17, 15) is 0 Å². The van der Waals surface area contributed by atoms with E-state index in [0.717, 1.165) is 5.92 Å². The molecule has 112 valence electrons. The Morgan fingerprint density at radius 3 is 1.74 bits per heavy atom. The van der Waals surface area contributed by atoms with Gasteiger partial charge in [0.1, 0.15) is 0 Å². The second-order valence-corrected chi connectivity index (χ2v) is 7.52. The first-order chi connectivity index (χ1) is 8.95. The van der Waals surface area contributed by atoms with Crippen LogP contribution in [0.2, 0.25) is 0 Å². The van der Waals surface area contributed by atoms with E-state index in [0.29, 0.717) is 5.54 Å². The van der Waals surface area contributed by atoms with Gasteiger partial charge in [-0.15, -0.1) is 0 Å². The van der Waals surface area contributed by atoms with Gasteiger partial charge in [-0.2, -0.15) is 0 Å². The van der Waals surface area contributed by atoms with E-state index < -0.39 is 0 Å². The lowest BCUT2D eigenvalue weighted by Gasteiger charge is -2.42. The van der Waals surface area contributed by atoms with Crippen molar-refractivity contribution in [2.75, 3.05) is 52.4 Å². The summed E-state index contributed by atoms with van der Waals surface area (Å²) in [6.07, 6.45) is 2.80. The Morgan fingerprint density at radius 1 is 0.789 bits per heavy atom. The molecule has 2 saturated heterocycles. The monoisotopic (exact) mass is 267 g/mol. The van der Waals surface area contributed by atoms with Gasteiger partial charge in [0.15, 0.2) is 0 Å². The summed E-state index contributed by atoms with van der Waals surface area (Å²) in [4.78, 5) is 7.93. The van der Waals surface area contributed by atoms with Crippen LogP contribution in [-0.4, -0.2) is 72.6 Å². The molecule has 0 atom stereocenters. The summed E-state index contributed by atoms with van der Waals surface area (Å²) < 4.78 is 0. The number of hydrogen-bond acceptors (Lipinski definition) is 3. The van der Waals surface area contributed by atoms with Crippen molar-refractivity contribution in [1.29, 1.82) is 0 Å². The number of piperidine rings is 1. The Morgan fingerprint density at radius 2 is 1.26 bits per heavy atom. The smallest absolute Gasteiger partial charge is 0.0126 e. The Hall–Kier alpha value is -0.120. The molecule has 0 spiro atoms. The SMILES string of the molecule is CC1CCN(CCN2CCN(C(C)(C)C)CC2)CC1. The van der Waals surface area contributed by atoms with Crippen LogP contribution < -0.4 is 0 Å². The van der Waals surface area contributed by atoms with Crippen molar-refractivity contribution in [1.82, 2.24) is 14.7 Å². The van der Waals surface area contributed by atoms with E-state index in [1.54, 1.807) is 0 Å². The predicted octanol–water partition coefficient (Wildman–Crippen LogP) is 2.13. The molecule has 2 heterocycles. The van der Waals surface area contributed by atoms with Gasteiger partial charge in [0.05, 0.1) is 0 Å². The Bertz CT molecular complexity index is 256. The van der Waals surface area contributed by atoms with Gasteiger partial charge in [-0.1, -0.05) is 6.92 Å². The predicted molar refractivity (Wildman–Crippen MR) is 82.6 cm³/mol. The molecule has 3 nitrogen and oxygen atoms in total. The zero-order valence-corrected chi connectivity index (χ0v) is 13.5. The van der Waals surface area contributed by atoms with Crippen LogP contribution >= 0.6 is 0 Å². The molecule has 0 aromatic carbocycles. The number of nitrogens with zero attached hydrogens (tertiary/aromatic N) is 3. The van der Waals surface area contributed by atoms with Crippen molar-refractivity contribution < 1.29 is 0 Å². The summed E-state index contributed by atoms with van der Waals surface area (Å²) in [5.41, 5.74) is 0.342. The van der Waals surface area contributed by atoms with Crippen LogP contribution in [0.25, 0.3) is 0 Å². The summed E-state index contributed by atoms with van der Waals surface area (Å²) in [6, 6.07) is 0. The van der Waals surface area contributed by atoms with Crippen LogP contribution in [0.5, 0.6) is 0 Å². The van der Waals surface area contributed by atoms with Crippen molar-refractivity contribution in [3.8, 4) is 0 Å². The molecule has 0 aliphatic carbocycles. The molecular weight excluding hydrogens is 234 g/mol. The second-order valence-electron chi connectivity index (χ2n) is 7.52. The molecular formula is C16H33N3. The Labute approximate surface area is 119 Å². The summed E-state index contributed by atoms with van der Waals surface area (Å²) in [7, 11) is 0. The molecule has 0 N–H and O–H groups in total. The molecule has 0 aromatic heterocycles. The van der Waals surface area contributed by atoms with Crippen molar-refractivity contribution in [2.24, 2.45) is 5.92 Å². The minimum atomic E-state index is 0.342. The third-order valence-electron chi connectivity index (χ3n) is 4.93. The average molecular weight is 267 g/mol. The highest BCUT2D eigenvalue weighted by molar-refractivity contribution is 4.82. The second kappa shape index (κ2) is 6.55. The van der Waals surface area contributed by atoms with Gasteiger partial charge in [0.2, 0.25) is 0 Å². The Kier molecular flexibility index (Phi) is 5.27. The number of hydrogen-bond donors (Lipinski definition) is 0. The molecule has 2 aliphatic heterocycles. The summed E-state index contributed by atoms with van der Waals surface area (Å²) in [5.74, 6) is 0.951. The van der Waals surface area contributed by atoms with E-state index >= 15 is 0 Å². The van der Waals surface area contributed by atoms with Crippen LogP contribution in [0.3, 0.4) is 0 Å². The molecule has 3 heteroatoms. The van der Waals surface area contributed by atoms with Crippen LogP contribution in [0.1, 0.15) is 40.5 Å². The fourth-order valence-corrected chi connectivity index (χ4v) is 3.21.